The molecular formula is C12H10N2O8Zr. The van der Waals surface area contributed by atoms with Crippen molar-refractivity contribution < 1.29 is 56.5 Å². The van der Waals surface area contributed by atoms with E-state index in [2.05, 4.69) is 0 Å². The third-order valence-corrected chi connectivity index (χ3v) is 2.34. The van der Waals surface area contributed by atoms with Gasteiger partial charge in [-0.2, -0.15) is 0 Å². The minimum absolute atomic E-state index is 0. The zero-order valence-corrected chi connectivity index (χ0v) is 13.7. The van der Waals surface area contributed by atoms with Gasteiger partial charge >= 0.3 is 0 Å². The van der Waals surface area contributed by atoms with Crippen LogP contribution in [0.3, 0.4) is 0 Å². The molecule has 0 spiro atoms. The summed E-state index contributed by atoms with van der Waals surface area (Å²) < 4.78 is 0. The first-order valence-corrected chi connectivity index (χ1v) is 5.55. The zero-order valence-electron chi connectivity index (χ0n) is 11.3. The minimum Gasteiger partial charge on any atom is -0.504 e. The molecule has 0 heterocycles. The first-order valence-electron chi connectivity index (χ1n) is 5.55. The van der Waals surface area contributed by atoms with E-state index in [-0.39, 0.29) is 49.1 Å². The van der Waals surface area contributed by atoms with E-state index in [1.807, 2.05) is 0 Å². The summed E-state index contributed by atoms with van der Waals surface area (Å²) in [5.74, 6) is -1.70. The predicted molar refractivity (Wildman–Crippen MR) is 72.9 cm³/mol. The van der Waals surface area contributed by atoms with Crippen LogP contribution >= 0.6 is 0 Å². The van der Waals surface area contributed by atoms with Gasteiger partial charge in [-0.25, -0.2) is 0 Å². The molecule has 23 heavy (non-hydrogen) atoms. The second kappa shape index (κ2) is 8.69. The molecule has 0 aliphatic carbocycles. The van der Waals surface area contributed by atoms with Gasteiger partial charge in [0.2, 0.25) is 0 Å². The van der Waals surface area contributed by atoms with E-state index in [1.54, 1.807) is 0 Å². The predicted octanol–water partition coefficient (Wildman–Crippen LogP) is 2.01. The molecule has 0 atom stereocenters. The van der Waals surface area contributed by atoms with Crippen molar-refractivity contribution in [2.75, 3.05) is 0 Å². The molecule has 0 fully saturated rings. The van der Waals surface area contributed by atoms with E-state index in [4.69, 9.17) is 20.4 Å². The van der Waals surface area contributed by atoms with Crippen LogP contribution in [0.25, 0.3) is 0 Å². The van der Waals surface area contributed by atoms with Gasteiger partial charge in [0.1, 0.15) is 0 Å². The van der Waals surface area contributed by atoms with Crippen molar-refractivity contribution in [3.05, 3.63) is 56.6 Å². The Morgan fingerprint density at radius 3 is 1.17 bits per heavy atom. The van der Waals surface area contributed by atoms with Gasteiger partial charge in [0.25, 0.3) is 11.4 Å². The Kier molecular flexibility index (Phi) is 7.68. The molecule has 0 saturated carbocycles. The van der Waals surface area contributed by atoms with Crippen molar-refractivity contribution in [2.24, 2.45) is 0 Å². The Bertz CT molecular complexity index is 661. The second-order valence-corrected chi connectivity index (χ2v) is 3.86. The summed E-state index contributed by atoms with van der Waals surface area (Å²) in [5, 5.41) is 55.2. The molecule has 0 unspecified atom stereocenters. The maximum absolute atomic E-state index is 10.1. The van der Waals surface area contributed by atoms with Crippen molar-refractivity contribution in [1.29, 1.82) is 0 Å². The smallest absolute Gasteiger partial charge is 0.273 e. The molecule has 2 aromatic rings. The number of nitrogens with zero attached hydrogens (tertiary/aromatic N) is 2. The van der Waals surface area contributed by atoms with Crippen molar-refractivity contribution in [3.63, 3.8) is 0 Å². The Morgan fingerprint density at radius 2 is 0.957 bits per heavy atom. The van der Waals surface area contributed by atoms with Gasteiger partial charge in [0, 0.05) is 38.3 Å². The summed E-state index contributed by atoms with van der Waals surface area (Å²) >= 11 is 0. The van der Waals surface area contributed by atoms with E-state index in [1.165, 1.54) is 0 Å². The fourth-order valence-corrected chi connectivity index (χ4v) is 1.25. The third kappa shape index (κ3) is 5.91. The van der Waals surface area contributed by atoms with Gasteiger partial charge in [-0.1, -0.05) is 0 Å². The molecular weight excluding hydrogens is 391 g/mol. The van der Waals surface area contributed by atoms with Crippen LogP contribution < -0.4 is 0 Å². The molecule has 11 heteroatoms. The fraction of sp³-hybridized carbons (Fsp3) is 0. The normalized spacial score (nSPS) is 9.04. The van der Waals surface area contributed by atoms with Crippen LogP contribution in [0, 0.1) is 20.2 Å². The van der Waals surface area contributed by atoms with E-state index < -0.39 is 21.3 Å². The molecule has 0 saturated heterocycles. The zero-order chi connectivity index (χ0) is 16.9. The Hall–Kier alpha value is -2.68. The van der Waals surface area contributed by atoms with E-state index >= 15 is 0 Å². The monoisotopic (exact) mass is 400 g/mol. The van der Waals surface area contributed by atoms with Crippen LogP contribution in [-0.2, 0) is 26.2 Å². The number of phenols is 4. The Morgan fingerprint density at radius 1 is 0.652 bits per heavy atom. The van der Waals surface area contributed by atoms with Crippen LogP contribution in [0.1, 0.15) is 0 Å². The number of non-ortho nitro benzene ring substituents is 2. The van der Waals surface area contributed by atoms with Gasteiger partial charge in [0.15, 0.2) is 23.0 Å². The fourth-order valence-electron chi connectivity index (χ4n) is 1.25. The molecule has 0 radical (unpaired) electrons. The number of hydrogen-bond acceptors (Lipinski definition) is 8. The Labute approximate surface area is 147 Å². The largest absolute Gasteiger partial charge is 0.504 e. The number of hydrogen-bond donors (Lipinski definition) is 4. The van der Waals surface area contributed by atoms with Crippen molar-refractivity contribution in [2.45, 2.75) is 0 Å². The van der Waals surface area contributed by atoms with E-state index in [0.29, 0.717) is 0 Å². The van der Waals surface area contributed by atoms with Crippen molar-refractivity contribution in [1.82, 2.24) is 0 Å². The molecule has 0 aliphatic heterocycles. The maximum Gasteiger partial charge on any atom is 0.273 e. The molecule has 0 aliphatic rings. The molecule has 2 rings (SSSR count). The average molecular weight is 401 g/mol. The van der Waals surface area contributed by atoms with Crippen LogP contribution in [0.15, 0.2) is 36.4 Å². The molecule has 10 nitrogen and oxygen atoms in total. The van der Waals surface area contributed by atoms with Crippen LogP contribution in [-0.4, -0.2) is 30.3 Å². The first-order chi connectivity index (χ1) is 10.2. The summed E-state index contributed by atoms with van der Waals surface area (Å²) in [5.41, 5.74) is -0.499. The minimum atomic E-state index is -0.654. The maximum atomic E-state index is 10.1. The average Bonchev–Trinajstić information content (AvgIpc) is 2.45. The van der Waals surface area contributed by atoms with Gasteiger partial charge in [-0.05, 0) is 12.1 Å². The molecule has 2 aromatic carbocycles. The number of benzene rings is 2. The van der Waals surface area contributed by atoms with Gasteiger partial charge in [-0.15, -0.1) is 0 Å². The molecule has 0 aromatic heterocycles. The molecule has 120 valence electrons. The molecule has 4 N–H and O–H groups in total. The topological polar surface area (TPSA) is 167 Å². The standard InChI is InChI=1S/2C6H5NO4.Zr/c2*8-5-2-1-4(7(10)11)3-6(5)9;/h2*1-3,8-9H;. The number of aromatic hydroxyl groups is 4. The summed E-state index contributed by atoms with van der Waals surface area (Å²) in [6, 6.07) is 6.11. The van der Waals surface area contributed by atoms with Crippen LogP contribution in [0.5, 0.6) is 23.0 Å². The van der Waals surface area contributed by atoms with Crippen molar-refractivity contribution >= 4 is 11.4 Å². The summed E-state index contributed by atoms with van der Waals surface area (Å²) in [6.07, 6.45) is 0. The summed E-state index contributed by atoms with van der Waals surface area (Å²) in [7, 11) is 0. The second-order valence-electron chi connectivity index (χ2n) is 3.86. The third-order valence-electron chi connectivity index (χ3n) is 2.34. The number of nitro benzene ring substituents is 2. The van der Waals surface area contributed by atoms with E-state index in [9.17, 15) is 20.2 Å². The number of phenolic OH excluding ortho intramolecular Hbond substituents is 4. The van der Waals surface area contributed by atoms with Gasteiger partial charge in [-0.3, -0.25) is 20.2 Å². The first kappa shape index (κ1) is 20.3. The van der Waals surface area contributed by atoms with Crippen LogP contribution in [0.2, 0.25) is 0 Å². The summed E-state index contributed by atoms with van der Waals surface area (Å²) in [6.45, 7) is 0. The number of nitro groups is 2. The van der Waals surface area contributed by atoms with E-state index in [0.717, 1.165) is 36.4 Å². The Balaban J connectivity index is 0.000000403. The van der Waals surface area contributed by atoms with Gasteiger partial charge < -0.3 is 20.4 Å². The number of rotatable bonds is 2. The SMILES string of the molecule is O=[N+]([O-])c1ccc(O)c(O)c1.O=[N+]([O-])c1ccc(O)c(O)c1.[Zr]. The van der Waals surface area contributed by atoms with Crippen molar-refractivity contribution in [3.8, 4) is 23.0 Å². The van der Waals surface area contributed by atoms with Gasteiger partial charge in [0.05, 0.1) is 22.0 Å². The van der Waals surface area contributed by atoms with Crippen LogP contribution in [0.4, 0.5) is 11.4 Å². The summed E-state index contributed by atoms with van der Waals surface area (Å²) in [4.78, 5) is 18.8. The quantitative estimate of drug-likeness (QED) is 0.337. The molecule has 0 amide bonds. The molecule has 0 bridgehead atoms.